The number of ether oxygens (including phenoxy) is 2. The van der Waals surface area contributed by atoms with Crippen molar-refractivity contribution < 1.29 is 9.47 Å². The van der Waals surface area contributed by atoms with Gasteiger partial charge in [0.25, 0.3) is 0 Å². The van der Waals surface area contributed by atoms with Gasteiger partial charge in [0.1, 0.15) is 30.5 Å². The van der Waals surface area contributed by atoms with Crippen LogP contribution in [0.1, 0.15) is 16.7 Å². The number of rotatable bonds is 8. The smallest absolute Gasteiger partial charge is 0.126 e. The molecule has 0 aliphatic carbocycles. The van der Waals surface area contributed by atoms with E-state index in [4.69, 9.17) is 9.47 Å². The third-order valence-corrected chi connectivity index (χ3v) is 5.26. The van der Waals surface area contributed by atoms with Crippen molar-refractivity contribution in [3.63, 3.8) is 0 Å². The second-order valence-corrected chi connectivity index (χ2v) is 7.23. The summed E-state index contributed by atoms with van der Waals surface area (Å²) in [5.74, 6) is 2.62. The highest BCUT2D eigenvalue weighted by molar-refractivity contribution is 5.88. The molecule has 4 heteroatoms. The lowest BCUT2D eigenvalue weighted by Gasteiger charge is -2.16. The number of fused-ring (bicyclic) bond motifs is 1. The van der Waals surface area contributed by atoms with Crippen molar-refractivity contribution in [1.29, 1.82) is 0 Å². The molecular formula is C26H26N2O2. The first-order valence-electron chi connectivity index (χ1n) is 10.2. The molecule has 30 heavy (non-hydrogen) atoms. The quantitative estimate of drug-likeness (QED) is 0.374. The molecular weight excluding hydrogens is 372 g/mol. The van der Waals surface area contributed by atoms with Crippen molar-refractivity contribution in [2.45, 2.75) is 20.4 Å². The van der Waals surface area contributed by atoms with Gasteiger partial charge in [-0.15, -0.1) is 0 Å². The van der Waals surface area contributed by atoms with Gasteiger partial charge in [-0.05, 0) is 60.0 Å². The van der Waals surface area contributed by atoms with E-state index in [0.717, 1.165) is 22.9 Å². The van der Waals surface area contributed by atoms with Gasteiger partial charge in [0.2, 0.25) is 0 Å². The topological polar surface area (TPSA) is 43.4 Å². The second kappa shape index (κ2) is 9.31. The summed E-state index contributed by atoms with van der Waals surface area (Å²) in [7, 11) is 0. The molecule has 4 aromatic rings. The molecule has 4 rings (SSSR count). The summed E-state index contributed by atoms with van der Waals surface area (Å²) >= 11 is 0. The Morgan fingerprint density at radius 2 is 1.57 bits per heavy atom. The van der Waals surface area contributed by atoms with Gasteiger partial charge in [-0.2, -0.15) is 0 Å². The Bertz CT molecular complexity index is 1130. The third kappa shape index (κ3) is 4.54. The molecule has 0 spiro atoms. The van der Waals surface area contributed by atoms with Gasteiger partial charge >= 0.3 is 0 Å². The molecule has 1 heterocycles. The van der Waals surface area contributed by atoms with Gasteiger partial charge in [-0.25, -0.2) is 4.98 Å². The zero-order chi connectivity index (χ0) is 20.8. The average Bonchev–Trinajstić information content (AvgIpc) is 2.79. The highest BCUT2D eigenvalue weighted by atomic mass is 16.5. The number of pyridine rings is 1. The molecule has 0 atom stereocenters. The Morgan fingerprint density at radius 1 is 0.767 bits per heavy atom. The summed E-state index contributed by atoms with van der Waals surface area (Å²) in [6, 6.07) is 24.4. The van der Waals surface area contributed by atoms with Gasteiger partial charge in [0.15, 0.2) is 0 Å². The van der Waals surface area contributed by atoms with Gasteiger partial charge < -0.3 is 14.8 Å². The fourth-order valence-electron chi connectivity index (χ4n) is 3.46. The highest BCUT2D eigenvalue weighted by Gasteiger charge is 2.10. The zero-order valence-electron chi connectivity index (χ0n) is 17.4. The van der Waals surface area contributed by atoms with Crippen LogP contribution in [0.5, 0.6) is 11.5 Å². The third-order valence-electron chi connectivity index (χ3n) is 5.26. The molecule has 0 fully saturated rings. The monoisotopic (exact) mass is 398 g/mol. The molecule has 1 aromatic heterocycles. The van der Waals surface area contributed by atoms with Crippen molar-refractivity contribution in [2.24, 2.45) is 0 Å². The van der Waals surface area contributed by atoms with Crippen molar-refractivity contribution in [2.75, 3.05) is 18.5 Å². The van der Waals surface area contributed by atoms with Crippen LogP contribution in [0.3, 0.4) is 0 Å². The normalized spacial score (nSPS) is 10.7. The van der Waals surface area contributed by atoms with E-state index in [1.807, 2.05) is 36.4 Å². The molecule has 0 saturated heterocycles. The van der Waals surface area contributed by atoms with Gasteiger partial charge in [-0.1, -0.05) is 48.5 Å². The molecule has 0 aliphatic rings. The van der Waals surface area contributed by atoms with E-state index in [-0.39, 0.29) is 0 Å². The van der Waals surface area contributed by atoms with E-state index < -0.39 is 0 Å². The summed E-state index contributed by atoms with van der Waals surface area (Å²) in [5, 5.41) is 5.77. The molecule has 0 saturated carbocycles. The minimum atomic E-state index is 0.475. The number of nitrogens with one attached hydrogen (secondary N) is 1. The number of aromatic nitrogens is 1. The summed E-state index contributed by atoms with van der Waals surface area (Å²) < 4.78 is 12.1. The van der Waals surface area contributed by atoms with Gasteiger partial charge in [0.05, 0.1) is 0 Å². The molecule has 0 amide bonds. The van der Waals surface area contributed by atoms with Gasteiger partial charge in [0, 0.05) is 18.3 Å². The van der Waals surface area contributed by atoms with E-state index in [0.29, 0.717) is 19.8 Å². The van der Waals surface area contributed by atoms with E-state index >= 15 is 0 Å². The summed E-state index contributed by atoms with van der Waals surface area (Å²) in [4.78, 5) is 4.36. The van der Waals surface area contributed by atoms with Crippen LogP contribution in [0.4, 0.5) is 5.82 Å². The highest BCUT2D eigenvalue weighted by Crippen LogP contribution is 2.29. The van der Waals surface area contributed by atoms with Crippen LogP contribution < -0.4 is 14.8 Å². The molecule has 0 bridgehead atoms. The maximum Gasteiger partial charge on any atom is 0.126 e. The second-order valence-electron chi connectivity index (χ2n) is 7.23. The van der Waals surface area contributed by atoms with E-state index in [1.165, 1.54) is 21.9 Å². The number of aryl methyl sites for hydroxylation is 1. The largest absolute Gasteiger partial charge is 0.490 e. The maximum absolute atomic E-state index is 6.14. The van der Waals surface area contributed by atoms with Gasteiger partial charge in [-0.3, -0.25) is 0 Å². The first-order chi connectivity index (χ1) is 14.7. The minimum absolute atomic E-state index is 0.475. The van der Waals surface area contributed by atoms with Crippen LogP contribution in [0.15, 0.2) is 79.0 Å². The summed E-state index contributed by atoms with van der Waals surface area (Å²) in [5.41, 5.74) is 3.51. The standard InChI is InChI=1S/C26H26N2O2/c1-19-8-7-11-24(20(19)2)29-16-17-30-25-14-13-21-9-3-4-10-22(21)23(25)18-28-26-12-5-6-15-27-26/h3-15H,16-18H2,1-2H3,(H,27,28). The Morgan fingerprint density at radius 3 is 2.40 bits per heavy atom. The Hall–Kier alpha value is -3.53. The fraction of sp³-hybridized carbons (Fsp3) is 0.192. The van der Waals surface area contributed by atoms with Crippen LogP contribution in [-0.2, 0) is 6.54 Å². The first-order valence-corrected chi connectivity index (χ1v) is 10.2. The number of anilines is 1. The maximum atomic E-state index is 6.14. The Labute approximate surface area is 177 Å². The molecule has 4 nitrogen and oxygen atoms in total. The van der Waals surface area contributed by atoms with Crippen LogP contribution in [0.2, 0.25) is 0 Å². The number of nitrogens with zero attached hydrogens (tertiary/aromatic N) is 1. The van der Waals surface area contributed by atoms with Crippen molar-refractivity contribution >= 4 is 16.6 Å². The molecule has 1 N–H and O–H groups in total. The Kier molecular flexibility index (Phi) is 6.14. The zero-order valence-corrected chi connectivity index (χ0v) is 17.4. The lowest BCUT2D eigenvalue weighted by atomic mass is 10.0. The van der Waals surface area contributed by atoms with Crippen molar-refractivity contribution in [3.8, 4) is 11.5 Å². The van der Waals surface area contributed by atoms with Crippen molar-refractivity contribution in [3.05, 3.63) is 95.7 Å². The molecule has 0 radical (unpaired) electrons. The lowest BCUT2D eigenvalue weighted by molar-refractivity contribution is 0.215. The first kappa shape index (κ1) is 19.8. The number of hydrogen-bond acceptors (Lipinski definition) is 4. The van der Waals surface area contributed by atoms with Crippen LogP contribution >= 0.6 is 0 Å². The number of benzene rings is 3. The fourth-order valence-corrected chi connectivity index (χ4v) is 3.46. The molecule has 152 valence electrons. The average molecular weight is 399 g/mol. The molecule has 3 aromatic carbocycles. The van der Waals surface area contributed by atoms with Crippen molar-refractivity contribution in [1.82, 2.24) is 4.98 Å². The predicted molar refractivity (Wildman–Crippen MR) is 122 cm³/mol. The van der Waals surface area contributed by atoms with Crippen LogP contribution in [0.25, 0.3) is 10.8 Å². The molecule has 0 unspecified atom stereocenters. The van der Waals surface area contributed by atoms with Crippen LogP contribution in [0, 0.1) is 13.8 Å². The number of hydrogen-bond donors (Lipinski definition) is 1. The SMILES string of the molecule is Cc1cccc(OCCOc2ccc3ccccc3c2CNc2ccccn2)c1C. The lowest BCUT2D eigenvalue weighted by Crippen LogP contribution is -2.12. The van der Waals surface area contributed by atoms with E-state index in [1.54, 1.807) is 6.20 Å². The van der Waals surface area contributed by atoms with E-state index in [9.17, 15) is 0 Å². The predicted octanol–water partition coefficient (Wildman–Crippen LogP) is 5.92. The Balaban J connectivity index is 1.48. The summed E-state index contributed by atoms with van der Waals surface area (Å²) in [6.45, 7) is 5.77. The molecule has 0 aliphatic heterocycles. The van der Waals surface area contributed by atoms with Crippen LogP contribution in [-0.4, -0.2) is 18.2 Å². The van der Waals surface area contributed by atoms with E-state index in [2.05, 4.69) is 60.5 Å². The minimum Gasteiger partial charge on any atom is -0.490 e. The summed E-state index contributed by atoms with van der Waals surface area (Å²) in [6.07, 6.45) is 1.79.